The van der Waals surface area contributed by atoms with Crippen molar-refractivity contribution in [1.82, 2.24) is 19.4 Å². The average Bonchev–Trinajstić information content (AvgIpc) is 3.60. The van der Waals surface area contributed by atoms with Gasteiger partial charge in [0.25, 0.3) is 5.79 Å². The zero-order chi connectivity index (χ0) is 34.3. The van der Waals surface area contributed by atoms with Gasteiger partial charge in [-0.25, -0.2) is 9.78 Å². The molecule has 5 heterocycles. The summed E-state index contributed by atoms with van der Waals surface area (Å²) in [6, 6.07) is 8.68. The second kappa shape index (κ2) is 13.9. The van der Waals surface area contributed by atoms with E-state index in [0.29, 0.717) is 47.3 Å². The molecule has 49 heavy (non-hydrogen) atoms. The van der Waals surface area contributed by atoms with Crippen LogP contribution in [0.2, 0.25) is 5.02 Å². The number of para-hydroxylation sites is 1. The van der Waals surface area contributed by atoms with Gasteiger partial charge in [-0.05, 0) is 69.0 Å². The number of hydrogen-bond acceptors (Lipinski definition) is 10. The summed E-state index contributed by atoms with van der Waals surface area (Å²) in [4.78, 5) is 35.4. The van der Waals surface area contributed by atoms with Gasteiger partial charge in [0.2, 0.25) is 0 Å². The number of aromatic nitrogens is 3. The number of halogens is 1. The first-order chi connectivity index (χ1) is 23.6. The molecule has 2 aromatic heterocycles. The van der Waals surface area contributed by atoms with Gasteiger partial charge in [0, 0.05) is 48.3 Å². The summed E-state index contributed by atoms with van der Waals surface area (Å²) in [6.45, 7) is 5.53. The first-order valence-corrected chi connectivity index (χ1v) is 18.2. The van der Waals surface area contributed by atoms with E-state index in [4.69, 9.17) is 36.5 Å². The minimum atomic E-state index is -1.05. The number of carboxylic acid groups (broad SMARTS) is 2. The Kier molecular flexibility index (Phi) is 9.64. The number of piperidine rings is 1. The molecular weight excluding hydrogens is 670 g/mol. The molecule has 0 amide bonds. The van der Waals surface area contributed by atoms with Crippen molar-refractivity contribution >= 4 is 41.4 Å². The largest absolute Gasteiger partial charge is 0.480 e. The summed E-state index contributed by atoms with van der Waals surface area (Å²) < 4.78 is 20.7. The van der Waals surface area contributed by atoms with E-state index < -0.39 is 23.8 Å². The zero-order valence-electron chi connectivity index (χ0n) is 27.2. The number of imidazole rings is 1. The van der Waals surface area contributed by atoms with Gasteiger partial charge in [-0.2, -0.15) is 11.8 Å². The van der Waals surface area contributed by atoms with Crippen molar-refractivity contribution < 1.29 is 34.0 Å². The molecule has 0 bridgehead atoms. The molecular formula is C35H40ClN5O7S. The molecule has 3 aliphatic heterocycles. The number of nitrogens with two attached hydrogens (primary N) is 1. The van der Waals surface area contributed by atoms with Crippen LogP contribution in [0.4, 0.5) is 0 Å². The van der Waals surface area contributed by atoms with Crippen LogP contribution in [0.1, 0.15) is 72.9 Å². The third kappa shape index (κ3) is 7.04. The number of likely N-dealkylation sites (tertiary alicyclic amines) is 1. The smallest absolute Gasteiger partial charge is 0.331 e. The number of aliphatic carboxylic acids is 2. The molecule has 7 rings (SSSR count). The maximum Gasteiger partial charge on any atom is 0.331 e. The van der Waals surface area contributed by atoms with Crippen molar-refractivity contribution in [3.8, 4) is 11.5 Å². The maximum atomic E-state index is 12.2. The number of benzene rings is 1. The molecule has 1 unspecified atom stereocenters. The van der Waals surface area contributed by atoms with E-state index in [1.807, 2.05) is 25.1 Å². The van der Waals surface area contributed by atoms with E-state index in [1.54, 1.807) is 18.3 Å². The minimum Gasteiger partial charge on any atom is -0.480 e. The van der Waals surface area contributed by atoms with Crippen LogP contribution in [0.15, 0.2) is 42.1 Å². The molecule has 4 atom stereocenters. The molecule has 3 aromatic rings. The molecule has 1 aliphatic carbocycles. The number of nitrogens with zero attached hydrogens (tertiary/aromatic N) is 4. The molecule has 2 fully saturated rings. The van der Waals surface area contributed by atoms with Gasteiger partial charge < -0.3 is 34.7 Å². The standard InChI is InChI=1S/C35H40ClN5O7S/c1-35(29-6-5-23(36)15-38-29)47-28-4-2-3-25(32(28)48-35)20-7-10-40(11-8-20)17-30-39-31-22(18-49-19-26(37)34(44)45)13-21(33(42)43)14-27(31)41(30)16-24-9-12-46-24/h2-6,14-15,20,22,24,26H,7-13,16-19,37H2,1H3,(H,42,43)(H,44,45)/t22?,24-,26-,35-/m0/s1. The van der Waals surface area contributed by atoms with E-state index in [1.165, 1.54) is 11.8 Å². The van der Waals surface area contributed by atoms with Crippen molar-refractivity contribution in [2.75, 3.05) is 31.2 Å². The molecule has 4 aliphatic rings. The molecule has 2 saturated heterocycles. The lowest BCUT2D eigenvalue weighted by atomic mass is 9.88. The monoisotopic (exact) mass is 709 g/mol. The lowest BCUT2D eigenvalue weighted by molar-refractivity contribution is -0.138. The number of thioether (sulfide) groups is 1. The van der Waals surface area contributed by atoms with E-state index in [0.717, 1.165) is 67.5 Å². The van der Waals surface area contributed by atoms with Crippen LogP contribution in [0.3, 0.4) is 0 Å². The second-order valence-corrected chi connectivity index (χ2v) is 14.8. The molecule has 0 saturated carbocycles. The Hall–Kier alpha value is -3.62. The van der Waals surface area contributed by atoms with Gasteiger partial charge in [0.15, 0.2) is 11.5 Å². The number of carboxylic acids is 2. The van der Waals surface area contributed by atoms with Crippen molar-refractivity contribution in [1.29, 1.82) is 0 Å². The summed E-state index contributed by atoms with van der Waals surface area (Å²) in [5, 5.41) is 19.7. The van der Waals surface area contributed by atoms with Gasteiger partial charge in [0.1, 0.15) is 17.6 Å². The highest BCUT2D eigenvalue weighted by Gasteiger charge is 2.42. The Morgan fingerprint density at radius 2 is 1.96 bits per heavy atom. The summed E-state index contributed by atoms with van der Waals surface area (Å²) in [7, 11) is 0. The van der Waals surface area contributed by atoms with Crippen LogP contribution in [0.5, 0.6) is 11.5 Å². The molecule has 14 heteroatoms. The van der Waals surface area contributed by atoms with Crippen molar-refractivity contribution in [3.63, 3.8) is 0 Å². The first-order valence-electron chi connectivity index (χ1n) is 16.6. The quantitative estimate of drug-likeness (QED) is 0.235. The Balaban J connectivity index is 1.07. The molecule has 12 nitrogen and oxygen atoms in total. The summed E-state index contributed by atoms with van der Waals surface area (Å²) in [5.74, 6) is 0.198. The zero-order valence-corrected chi connectivity index (χ0v) is 28.8. The number of pyridine rings is 1. The van der Waals surface area contributed by atoms with E-state index in [-0.39, 0.29) is 23.7 Å². The van der Waals surface area contributed by atoms with Crippen LogP contribution < -0.4 is 15.2 Å². The Morgan fingerprint density at radius 3 is 2.63 bits per heavy atom. The van der Waals surface area contributed by atoms with Gasteiger partial charge in [-0.3, -0.25) is 14.7 Å². The van der Waals surface area contributed by atoms with Crippen LogP contribution >= 0.6 is 23.4 Å². The molecule has 260 valence electrons. The first kappa shape index (κ1) is 33.9. The maximum absolute atomic E-state index is 12.2. The number of fused-ring (bicyclic) bond motifs is 2. The van der Waals surface area contributed by atoms with E-state index in [2.05, 4.69) is 20.5 Å². The normalized spacial score (nSPS) is 24.2. The SMILES string of the molecule is C[C@]1(c2ccc(Cl)cn2)Oc2cccc(C3CCN(Cc4nc5c(n4C[C@@H]4CCO4)C=C(C(=O)O)CC5CSC[C@H](N)C(=O)O)CC3)c2O1. The van der Waals surface area contributed by atoms with Crippen molar-refractivity contribution in [2.45, 2.75) is 75.5 Å². The fourth-order valence-corrected chi connectivity index (χ4v) is 8.25. The molecule has 1 aromatic carbocycles. The van der Waals surface area contributed by atoms with Crippen LogP contribution in [-0.2, 0) is 33.2 Å². The van der Waals surface area contributed by atoms with Crippen molar-refractivity contribution in [3.05, 3.63) is 75.6 Å². The molecule has 0 radical (unpaired) electrons. The molecule has 0 spiro atoms. The fourth-order valence-electron chi connectivity index (χ4n) is 7.04. The highest BCUT2D eigenvalue weighted by molar-refractivity contribution is 7.99. The van der Waals surface area contributed by atoms with Gasteiger partial charge in [-0.1, -0.05) is 23.7 Å². The molecule has 4 N–H and O–H groups in total. The van der Waals surface area contributed by atoms with E-state index in [9.17, 15) is 19.8 Å². The fraction of sp³-hybridized carbons (Fsp3) is 0.486. The third-order valence-electron chi connectivity index (χ3n) is 9.86. The van der Waals surface area contributed by atoms with Gasteiger partial charge in [0.05, 0.1) is 35.6 Å². The number of rotatable bonds is 12. The van der Waals surface area contributed by atoms with Crippen LogP contribution in [-0.4, -0.2) is 84.9 Å². The highest BCUT2D eigenvalue weighted by Crippen LogP contribution is 2.49. The predicted molar refractivity (Wildman–Crippen MR) is 184 cm³/mol. The minimum absolute atomic E-state index is 0.0592. The predicted octanol–water partition coefficient (Wildman–Crippen LogP) is 4.84. The van der Waals surface area contributed by atoms with Crippen molar-refractivity contribution in [2.24, 2.45) is 5.73 Å². The Labute approximate surface area is 293 Å². The number of hydrogen-bond donors (Lipinski definition) is 3. The number of ether oxygens (including phenoxy) is 3. The second-order valence-electron chi connectivity index (χ2n) is 13.3. The van der Waals surface area contributed by atoms with Gasteiger partial charge >= 0.3 is 11.9 Å². The average molecular weight is 710 g/mol. The summed E-state index contributed by atoms with van der Waals surface area (Å²) in [5.41, 5.74) is 9.52. The Morgan fingerprint density at radius 1 is 1.16 bits per heavy atom. The summed E-state index contributed by atoms with van der Waals surface area (Å²) in [6.07, 6.45) is 6.54. The van der Waals surface area contributed by atoms with Gasteiger partial charge in [-0.15, -0.1) is 0 Å². The lowest BCUT2D eigenvalue weighted by Gasteiger charge is -2.33. The van der Waals surface area contributed by atoms with Crippen LogP contribution in [0, 0.1) is 0 Å². The van der Waals surface area contributed by atoms with Crippen LogP contribution in [0.25, 0.3) is 6.08 Å². The number of carbonyl (C=O) groups is 2. The Bertz CT molecular complexity index is 1760. The lowest BCUT2D eigenvalue weighted by Crippen LogP contribution is -2.35. The summed E-state index contributed by atoms with van der Waals surface area (Å²) >= 11 is 7.49. The highest BCUT2D eigenvalue weighted by atomic mass is 35.5. The van der Waals surface area contributed by atoms with E-state index >= 15 is 0 Å². The third-order valence-corrected chi connectivity index (χ3v) is 11.3. The topological polar surface area (TPSA) is 162 Å².